The Bertz CT molecular complexity index is 911. The fourth-order valence-corrected chi connectivity index (χ4v) is 2.21. The summed E-state index contributed by atoms with van der Waals surface area (Å²) in [6.07, 6.45) is 4.41. The molecule has 7 nitrogen and oxygen atoms in total. The third-order valence-electron chi connectivity index (χ3n) is 3.52. The minimum Gasteiger partial charge on any atom is -0.489 e. The molecule has 0 aromatic heterocycles. The van der Waals surface area contributed by atoms with E-state index in [1.54, 1.807) is 18.2 Å². The zero-order valence-corrected chi connectivity index (χ0v) is 14.8. The van der Waals surface area contributed by atoms with Crippen molar-refractivity contribution in [2.24, 2.45) is 0 Å². The summed E-state index contributed by atoms with van der Waals surface area (Å²) >= 11 is 0. The summed E-state index contributed by atoms with van der Waals surface area (Å²) < 4.78 is 10.6. The molecule has 2 aromatic rings. The van der Waals surface area contributed by atoms with Gasteiger partial charge in [0.25, 0.3) is 0 Å². The summed E-state index contributed by atoms with van der Waals surface area (Å²) in [6, 6.07) is 10.5. The van der Waals surface area contributed by atoms with Gasteiger partial charge in [-0.15, -0.1) is 0 Å². The van der Waals surface area contributed by atoms with Crippen LogP contribution in [0.2, 0.25) is 0 Å². The molecule has 0 amide bonds. The van der Waals surface area contributed by atoms with Crippen LogP contribution in [-0.4, -0.2) is 41.1 Å². The summed E-state index contributed by atoms with van der Waals surface area (Å²) in [4.78, 5) is 34.0. The Hall–Kier alpha value is -3.87. The Morgan fingerprint density at radius 2 is 1.71 bits per heavy atom. The minimum absolute atomic E-state index is 0.153. The second-order valence-electron chi connectivity index (χ2n) is 5.56. The van der Waals surface area contributed by atoms with Gasteiger partial charge in [-0.1, -0.05) is 30.9 Å². The fourth-order valence-electron chi connectivity index (χ4n) is 2.21. The predicted molar refractivity (Wildman–Crippen MR) is 102 cm³/mol. The molecule has 0 fully saturated rings. The number of carbonyl (C=O) groups is 3. The van der Waals surface area contributed by atoms with Crippen molar-refractivity contribution in [1.82, 2.24) is 0 Å². The van der Waals surface area contributed by atoms with Crippen LogP contribution in [0.4, 0.5) is 0 Å². The van der Waals surface area contributed by atoms with Gasteiger partial charge in [0.1, 0.15) is 18.1 Å². The van der Waals surface area contributed by atoms with E-state index < -0.39 is 18.5 Å². The quantitative estimate of drug-likeness (QED) is 0.368. The van der Waals surface area contributed by atoms with Crippen LogP contribution < -0.4 is 9.47 Å². The zero-order chi connectivity index (χ0) is 20.5. The summed E-state index contributed by atoms with van der Waals surface area (Å²) in [7, 11) is 0. The van der Waals surface area contributed by atoms with Gasteiger partial charge in [-0.3, -0.25) is 4.79 Å². The average molecular weight is 382 g/mol. The summed E-state index contributed by atoms with van der Waals surface area (Å²) in [5.41, 5.74) is 1.08. The highest BCUT2D eigenvalue weighted by Crippen LogP contribution is 2.26. The van der Waals surface area contributed by atoms with Crippen LogP contribution in [0, 0.1) is 0 Å². The Kier molecular flexibility index (Phi) is 7.10. The van der Waals surface area contributed by atoms with Crippen LogP contribution in [0.1, 0.15) is 26.3 Å². The van der Waals surface area contributed by atoms with Crippen molar-refractivity contribution in [3.8, 4) is 11.5 Å². The largest absolute Gasteiger partial charge is 0.489 e. The van der Waals surface area contributed by atoms with E-state index in [1.807, 2.05) is 0 Å². The minimum atomic E-state index is -1.12. The Morgan fingerprint density at radius 1 is 1.00 bits per heavy atom. The molecule has 2 rings (SSSR count). The third kappa shape index (κ3) is 5.84. The van der Waals surface area contributed by atoms with Crippen LogP contribution in [0.5, 0.6) is 11.5 Å². The van der Waals surface area contributed by atoms with Crippen molar-refractivity contribution in [3.05, 3.63) is 77.9 Å². The highest BCUT2D eigenvalue weighted by atomic mass is 16.5. The van der Waals surface area contributed by atoms with E-state index in [4.69, 9.17) is 19.7 Å². The first-order chi connectivity index (χ1) is 13.4. The number of ketones is 1. The average Bonchev–Trinajstić information content (AvgIpc) is 2.69. The molecule has 0 atom stereocenters. The van der Waals surface area contributed by atoms with Gasteiger partial charge in [-0.25, -0.2) is 9.59 Å². The molecule has 0 radical (unpaired) electrons. The molecule has 144 valence electrons. The predicted octanol–water partition coefficient (Wildman–Crippen LogP) is 3.31. The monoisotopic (exact) mass is 382 g/mol. The molecule has 2 N–H and O–H groups in total. The van der Waals surface area contributed by atoms with Crippen molar-refractivity contribution < 1.29 is 34.1 Å². The van der Waals surface area contributed by atoms with Gasteiger partial charge in [-0.05, 0) is 35.9 Å². The van der Waals surface area contributed by atoms with Gasteiger partial charge in [0, 0.05) is 6.07 Å². The number of hydrogen-bond acceptors (Lipinski definition) is 5. The molecule has 0 saturated carbocycles. The first-order valence-corrected chi connectivity index (χ1v) is 8.19. The molecule has 0 saturated heterocycles. The number of aliphatic carboxylic acids is 1. The number of aromatic carboxylic acids is 1. The smallest absolute Gasteiger partial charge is 0.341 e. The van der Waals surface area contributed by atoms with Crippen LogP contribution in [0.15, 0.2) is 61.2 Å². The van der Waals surface area contributed by atoms with E-state index in [2.05, 4.69) is 6.58 Å². The maximum atomic E-state index is 12.5. The van der Waals surface area contributed by atoms with Gasteiger partial charge in [0.2, 0.25) is 0 Å². The van der Waals surface area contributed by atoms with E-state index in [0.29, 0.717) is 5.56 Å². The Labute approximate surface area is 161 Å². The van der Waals surface area contributed by atoms with Gasteiger partial charge in [0.05, 0.1) is 11.1 Å². The molecule has 0 aliphatic rings. The van der Waals surface area contributed by atoms with Gasteiger partial charge in [-0.2, -0.15) is 0 Å². The molecule has 28 heavy (non-hydrogen) atoms. The van der Waals surface area contributed by atoms with Crippen LogP contribution in [0.3, 0.4) is 0 Å². The maximum Gasteiger partial charge on any atom is 0.341 e. The maximum absolute atomic E-state index is 12.5. The van der Waals surface area contributed by atoms with Gasteiger partial charge in [0.15, 0.2) is 12.4 Å². The molecule has 0 spiro atoms. The van der Waals surface area contributed by atoms with Gasteiger partial charge < -0.3 is 19.7 Å². The van der Waals surface area contributed by atoms with E-state index in [9.17, 15) is 14.4 Å². The van der Waals surface area contributed by atoms with Crippen molar-refractivity contribution >= 4 is 23.8 Å². The topological polar surface area (TPSA) is 110 Å². The molecule has 2 aromatic carbocycles. The van der Waals surface area contributed by atoms with Crippen LogP contribution in [-0.2, 0) is 4.79 Å². The third-order valence-corrected chi connectivity index (χ3v) is 3.52. The van der Waals surface area contributed by atoms with Crippen LogP contribution in [0.25, 0.3) is 6.08 Å². The number of benzene rings is 2. The lowest BCUT2D eigenvalue weighted by Gasteiger charge is -2.11. The van der Waals surface area contributed by atoms with Crippen LogP contribution >= 0.6 is 0 Å². The highest BCUT2D eigenvalue weighted by Gasteiger charge is 2.12. The number of hydrogen-bond donors (Lipinski definition) is 2. The van der Waals surface area contributed by atoms with Crippen molar-refractivity contribution in [1.29, 1.82) is 0 Å². The molecule has 0 heterocycles. The number of ether oxygens (including phenoxy) is 2. The van der Waals surface area contributed by atoms with Crippen molar-refractivity contribution in [3.63, 3.8) is 0 Å². The summed E-state index contributed by atoms with van der Waals surface area (Å²) in [5, 5.41) is 17.6. The molecule has 0 bridgehead atoms. The zero-order valence-electron chi connectivity index (χ0n) is 14.8. The highest BCUT2D eigenvalue weighted by molar-refractivity contribution is 6.08. The second kappa shape index (κ2) is 9.72. The van der Waals surface area contributed by atoms with E-state index in [1.165, 1.54) is 42.5 Å². The summed E-state index contributed by atoms with van der Waals surface area (Å²) in [6.45, 7) is 3.20. The number of carboxylic acid groups (broad SMARTS) is 2. The molecular weight excluding hydrogens is 364 g/mol. The molecule has 0 aliphatic heterocycles. The standard InChI is InChI=1S/C21H18O7/c1-2-11-27-19-12-16(28-13-20(23)24)8-9-17(19)18(22)10-5-14-3-6-15(7-4-14)21(25)26/h2-10,12H,1,11,13H2,(H,23,24)(H,25,26)/b10-5+. The Balaban J connectivity index is 2.20. The Morgan fingerprint density at radius 3 is 2.32 bits per heavy atom. The lowest BCUT2D eigenvalue weighted by molar-refractivity contribution is -0.139. The van der Waals surface area contributed by atoms with Gasteiger partial charge >= 0.3 is 11.9 Å². The van der Waals surface area contributed by atoms with E-state index >= 15 is 0 Å². The first kappa shape index (κ1) is 20.4. The lowest BCUT2D eigenvalue weighted by Crippen LogP contribution is -2.10. The fraction of sp³-hybridized carbons (Fsp3) is 0.0952. The normalized spacial score (nSPS) is 10.4. The van der Waals surface area contributed by atoms with Crippen molar-refractivity contribution in [2.45, 2.75) is 0 Å². The summed E-state index contributed by atoms with van der Waals surface area (Å²) in [5.74, 6) is -2.00. The lowest BCUT2D eigenvalue weighted by atomic mass is 10.1. The SMILES string of the molecule is C=CCOc1cc(OCC(=O)O)ccc1C(=O)/C=C/c1ccc(C(=O)O)cc1. The number of allylic oxidation sites excluding steroid dienone is 1. The molecule has 7 heteroatoms. The van der Waals surface area contributed by atoms with E-state index in [0.717, 1.165) is 0 Å². The molecule has 0 unspecified atom stereocenters. The van der Waals surface area contributed by atoms with E-state index in [-0.39, 0.29) is 35.0 Å². The number of carbonyl (C=O) groups excluding carboxylic acids is 1. The number of rotatable bonds is 10. The molecule has 0 aliphatic carbocycles. The first-order valence-electron chi connectivity index (χ1n) is 8.19. The number of carboxylic acids is 2. The molecular formula is C21H18O7. The van der Waals surface area contributed by atoms with Crippen molar-refractivity contribution in [2.75, 3.05) is 13.2 Å². The second-order valence-corrected chi connectivity index (χ2v) is 5.56.